The summed E-state index contributed by atoms with van der Waals surface area (Å²) < 4.78 is 14.9. The molecule has 0 amide bonds. The lowest BCUT2D eigenvalue weighted by Gasteiger charge is -2.37. The number of thiocarbonyl (C=S) groups is 1. The molecule has 3 N–H and O–H groups in total. The molecular formula is C24H26FIN4S. The highest BCUT2D eigenvalue weighted by molar-refractivity contribution is 14.1. The summed E-state index contributed by atoms with van der Waals surface area (Å²) in [7, 11) is 0. The number of rotatable bonds is 3. The van der Waals surface area contributed by atoms with Crippen LogP contribution in [0.1, 0.15) is 32.8 Å². The Morgan fingerprint density at radius 3 is 2.68 bits per heavy atom. The third-order valence-corrected chi connectivity index (χ3v) is 6.75. The second-order valence-electron chi connectivity index (χ2n) is 8.73. The standard InChI is InChI=1S/C24H26FIN4S/c1-24(2,3)30-11-9-15(10-12-30)18-14-27-21-8-7-16(13-17(18)21)28-23(31)29-22-19(25)5-4-6-20(22)26/h4-9,13-14,27H,10-12H2,1-3H3,(H2,28,29,31). The Hall–Kier alpha value is -1.97. The SMILES string of the molecule is CC(C)(C)N1CC=C(c2c[nH]c3ccc(NC(=S)Nc4c(F)cccc4I)cc23)CC1. The van der Waals surface area contributed by atoms with Gasteiger partial charge >= 0.3 is 0 Å². The van der Waals surface area contributed by atoms with Crippen LogP contribution in [0.4, 0.5) is 15.8 Å². The van der Waals surface area contributed by atoms with E-state index in [4.69, 9.17) is 12.2 Å². The monoisotopic (exact) mass is 548 g/mol. The summed E-state index contributed by atoms with van der Waals surface area (Å²) >= 11 is 7.52. The second kappa shape index (κ2) is 8.88. The van der Waals surface area contributed by atoms with E-state index in [1.165, 1.54) is 17.2 Å². The number of aromatic amines is 1. The van der Waals surface area contributed by atoms with Crippen LogP contribution in [0.5, 0.6) is 0 Å². The third-order valence-electron chi connectivity index (χ3n) is 5.64. The molecule has 0 fully saturated rings. The number of aromatic nitrogens is 1. The van der Waals surface area contributed by atoms with Crippen LogP contribution in [0, 0.1) is 9.39 Å². The lowest BCUT2D eigenvalue weighted by Crippen LogP contribution is -2.43. The molecule has 0 saturated carbocycles. The van der Waals surface area contributed by atoms with Crippen LogP contribution >= 0.6 is 34.8 Å². The Morgan fingerprint density at radius 1 is 1.19 bits per heavy atom. The molecule has 162 valence electrons. The molecular weight excluding hydrogens is 522 g/mol. The van der Waals surface area contributed by atoms with Crippen molar-refractivity contribution >= 4 is 67.8 Å². The van der Waals surface area contributed by atoms with Gasteiger partial charge in [0.2, 0.25) is 0 Å². The van der Waals surface area contributed by atoms with Crippen molar-refractivity contribution in [2.24, 2.45) is 0 Å². The van der Waals surface area contributed by atoms with E-state index >= 15 is 0 Å². The number of hydrogen-bond donors (Lipinski definition) is 3. The molecule has 31 heavy (non-hydrogen) atoms. The molecule has 0 bridgehead atoms. The highest BCUT2D eigenvalue weighted by Gasteiger charge is 2.24. The molecule has 1 aliphatic heterocycles. The van der Waals surface area contributed by atoms with E-state index < -0.39 is 0 Å². The van der Waals surface area contributed by atoms with Crippen LogP contribution in [0.2, 0.25) is 0 Å². The molecule has 4 rings (SSSR count). The smallest absolute Gasteiger partial charge is 0.175 e. The number of benzene rings is 2. The average Bonchev–Trinajstić information content (AvgIpc) is 3.13. The number of nitrogens with one attached hydrogen (secondary N) is 3. The highest BCUT2D eigenvalue weighted by Crippen LogP contribution is 2.32. The number of nitrogens with zero attached hydrogens (tertiary/aromatic N) is 1. The van der Waals surface area contributed by atoms with Crippen molar-refractivity contribution in [3.05, 3.63) is 63.6 Å². The molecule has 1 aliphatic rings. The predicted octanol–water partition coefficient (Wildman–Crippen LogP) is 6.61. The minimum atomic E-state index is -0.326. The van der Waals surface area contributed by atoms with E-state index in [1.54, 1.807) is 6.07 Å². The summed E-state index contributed by atoms with van der Waals surface area (Å²) in [5, 5.41) is 7.69. The summed E-state index contributed by atoms with van der Waals surface area (Å²) in [5.74, 6) is -0.326. The van der Waals surface area contributed by atoms with E-state index in [2.05, 4.69) is 82.2 Å². The largest absolute Gasteiger partial charge is 0.361 e. The Kier molecular flexibility index (Phi) is 6.37. The fraction of sp³-hybridized carbons (Fsp3) is 0.292. The van der Waals surface area contributed by atoms with Crippen molar-refractivity contribution in [2.75, 3.05) is 23.7 Å². The lowest BCUT2D eigenvalue weighted by molar-refractivity contribution is 0.153. The average molecular weight is 548 g/mol. The molecule has 2 heterocycles. The fourth-order valence-corrected chi connectivity index (χ4v) is 4.70. The summed E-state index contributed by atoms with van der Waals surface area (Å²) in [4.78, 5) is 5.87. The summed E-state index contributed by atoms with van der Waals surface area (Å²) in [6.45, 7) is 8.78. The Balaban J connectivity index is 1.54. The zero-order chi connectivity index (χ0) is 22.2. The van der Waals surface area contributed by atoms with Crippen LogP contribution in [0.25, 0.3) is 16.5 Å². The lowest BCUT2D eigenvalue weighted by atomic mass is 9.95. The minimum absolute atomic E-state index is 0.179. The first-order chi connectivity index (χ1) is 14.7. The van der Waals surface area contributed by atoms with Crippen molar-refractivity contribution in [2.45, 2.75) is 32.7 Å². The van der Waals surface area contributed by atoms with Gasteiger partial charge in [-0.05, 0) is 97.9 Å². The molecule has 0 aliphatic carbocycles. The van der Waals surface area contributed by atoms with Gasteiger partial charge in [0.05, 0.1) is 5.69 Å². The van der Waals surface area contributed by atoms with Crippen molar-refractivity contribution in [3.63, 3.8) is 0 Å². The molecule has 2 aromatic carbocycles. The van der Waals surface area contributed by atoms with Gasteiger partial charge in [-0.15, -0.1) is 0 Å². The number of H-pyrrole nitrogens is 1. The Labute approximate surface area is 201 Å². The fourth-order valence-electron chi connectivity index (χ4n) is 3.88. The molecule has 0 unspecified atom stereocenters. The molecule has 4 nitrogen and oxygen atoms in total. The molecule has 0 saturated heterocycles. The van der Waals surface area contributed by atoms with Crippen molar-refractivity contribution in [3.8, 4) is 0 Å². The maximum absolute atomic E-state index is 14.1. The molecule has 1 aromatic heterocycles. The van der Waals surface area contributed by atoms with Gasteiger partial charge in [-0.25, -0.2) is 4.39 Å². The van der Waals surface area contributed by atoms with Crippen LogP contribution in [-0.2, 0) is 0 Å². The Bertz CT molecular complexity index is 1140. The molecule has 0 atom stereocenters. The van der Waals surface area contributed by atoms with E-state index in [0.29, 0.717) is 10.8 Å². The molecule has 7 heteroatoms. The summed E-state index contributed by atoms with van der Waals surface area (Å²) in [6, 6.07) is 11.1. The van der Waals surface area contributed by atoms with Crippen LogP contribution in [0.15, 0.2) is 48.7 Å². The van der Waals surface area contributed by atoms with Gasteiger partial charge in [-0.1, -0.05) is 12.1 Å². The maximum Gasteiger partial charge on any atom is 0.175 e. The van der Waals surface area contributed by atoms with Gasteiger partial charge < -0.3 is 15.6 Å². The van der Waals surface area contributed by atoms with Crippen molar-refractivity contribution in [1.82, 2.24) is 9.88 Å². The highest BCUT2D eigenvalue weighted by atomic mass is 127. The van der Waals surface area contributed by atoms with Gasteiger partial charge in [-0.2, -0.15) is 0 Å². The first-order valence-electron chi connectivity index (χ1n) is 10.3. The van der Waals surface area contributed by atoms with Gasteiger partial charge in [-0.3, -0.25) is 4.90 Å². The van der Waals surface area contributed by atoms with Crippen LogP contribution in [-0.4, -0.2) is 33.6 Å². The summed E-state index contributed by atoms with van der Waals surface area (Å²) in [5.41, 5.74) is 5.12. The van der Waals surface area contributed by atoms with Crippen LogP contribution < -0.4 is 10.6 Å². The van der Waals surface area contributed by atoms with E-state index in [9.17, 15) is 4.39 Å². The zero-order valence-corrected chi connectivity index (χ0v) is 20.8. The number of para-hydroxylation sites is 1. The predicted molar refractivity (Wildman–Crippen MR) is 141 cm³/mol. The van der Waals surface area contributed by atoms with E-state index in [-0.39, 0.29) is 11.4 Å². The van der Waals surface area contributed by atoms with Crippen molar-refractivity contribution in [1.29, 1.82) is 0 Å². The molecule has 0 spiro atoms. The molecule has 3 aromatic rings. The molecule has 0 radical (unpaired) electrons. The quantitative estimate of drug-likeness (QED) is 0.255. The number of halogens is 2. The van der Waals surface area contributed by atoms with E-state index in [1.807, 2.05) is 18.2 Å². The van der Waals surface area contributed by atoms with Gasteiger partial charge in [0.25, 0.3) is 0 Å². The zero-order valence-electron chi connectivity index (χ0n) is 17.9. The number of anilines is 2. The van der Waals surface area contributed by atoms with Gasteiger partial charge in [0, 0.05) is 50.5 Å². The van der Waals surface area contributed by atoms with Crippen LogP contribution in [0.3, 0.4) is 0 Å². The first-order valence-corrected chi connectivity index (χ1v) is 11.8. The van der Waals surface area contributed by atoms with Gasteiger partial charge in [0.15, 0.2) is 5.11 Å². The Morgan fingerprint density at radius 2 is 2.00 bits per heavy atom. The normalized spacial score (nSPS) is 15.1. The van der Waals surface area contributed by atoms with Gasteiger partial charge in [0.1, 0.15) is 5.82 Å². The first kappa shape index (κ1) is 22.2. The third kappa shape index (κ3) is 4.94. The number of fused-ring (bicyclic) bond motifs is 1. The topological polar surface area (TPSA) is 43.1 Å². The number of hydrogen-bond acceptors (Lipinski definition) is 2. The van der Waals surface area contributed by atoms with E-state index in [0.717, 1.165) is 39.7 Å². The summed E-state index contributed by atoms with van der Waals surface area (Å²) in [6.07, 6.45) is 5.45. The minimum Gasteiger partial charge on any atom is -0.361 e. The second-order valence-corrected chi connectivity index (χ2v) is 10.3. The maximum atomic E-state index is 14.1. The van der Waals surface area contributed by atoms with Crippen molar-refractivity contribution < 1.29 is 4.39 Å².